The number of hydrogen-bond donors (Lipinski definition) is 1. The van der Waals surface area contributed by atoms with Crippen molar-refractivity contribution in [3.05, 3.63) is 28.2 Å². The summed E-state index contributed by atoms with van der Waals surface area (Å²) in [5, 5.41) is 3.21. The fraction of sp³-hybridized carbons (Fsp3) is 0.417. The van der Waals surface area contributed by atoms with Gasteiger partial charge in [-0.1, -0.05) is 15.9 Å². The molecule has 0 unspecified atom stereocenters. The summed E-state index contributed by atoms with van der Waals surface area (Å²) in [6.07, 6.45) is 0.392. The largest absolute Gasteiger partial charge is 0.466 e. The molecule has 0 aliphatic rings. The summed E-state index contributed by atoms with van der Waals surface area (Å²) in [6.45, 7) is 4.87. The van der Waals surface area contributed by atoms with E-state index in [1.54, 1.807) is 0 Å². The minimum absolute atomic E-state index is 0.162. The lowest BCUT2D eigenvalue weighted by atomic mass is 10.2. The Hall–Kier alpha value is -1.03. The van der Waals surface area contributed by atoms with Crippen LogP contribution in [0.3, 0.4) is 0 Å². The summed E-state index contributed by atoms with van der Waals surface area (Å²) in [6, 6.07) is 6.00. The van der Waals surface area contributed by atoms with E-state index in [0.29, 0.717) is 19.6 Å². The Balaban J connectivity index is 2.40. The zero-order chi connectivity index (χ0) is 12.0. The summed E-state index contributed by atoms with van der Waals surface area (Å²) >= 11 is 3.41. The number of benzene rings is 1. The van der Waals surface area contributed by atoms with Crippen molar-refractivity contribution in [1.82, 2.24) is 0 Å². The van der Waals surface area contributed by atoms with E-state index in [0.717, 1.165) is 15.7 Å². The molecule has 0 amide bonds. The highest BCUT2D eigenvalue weighted by Crippen LogP contribution is 2.19. The number of aryl methyl sites for hydroxylation is 1. The molecule has 0 aliphatic heterocycles. The lowest BCUT2D eigenvalue weighted by Gasteiger charge is -2.09. The average molecular weight is 286 g/mol. The molecule has 0 aliphatic carbocycles. The van der Waals surface area contributed by atoms with Crippen LogP contribution in [0.1, 0.15) is 18.9 Å². The van der Waals surface area contributed by atoms with Crippen molar-refractivity contribution in [3.63, 3.8) is 0 Å². The van der Waals surface area contributed by atoms with Crippen LogP contribution >= 0.6 is 15.9 Å². The molecule has 0 saturated heterocycles. The Kier molecular flexibility index (Phi) is 5.32. The first-order valence-electron chi connectivity index (χ1n) is 5.29. The molecule has 0 atom stereocenters. The van der Waals surface area contributed by atoms with Crippen LogP contribution in [-0.2, 0) is 9.53 Å². The highest BCUT2D eigenvalue weighted by atomic mass is 79.9. The van der Waals surface area contributed by atoms with Crippen molar-refractivity contribution < 1.29 is 9.53 Å². The predicted octanol–water partition coefficient (Wildman–Crippen LogP) is 3.12. The third-order valence-corrected chi connectivity index (χ3v) is 2.63. The molecule has 1 N–H and O–H groups in total. The van der Waals surface area contributed by atoms with Gasteiger partial charge in [-0.25, -0.2) is 0 Å². The van der Waals surface area contributed by atoms with Crippen LogP contribution in [0.2, 0.25) is 0 Å². The van der Waals surface area contributed by atoms with Gasteiger partial charge in [-0.2, -0.15) is 0 Å². The number of esters is 1. The number of carbonyl (C=O) groups is 1. The van der Waals surface area contributed by atoms with E-state index in [1.807, 2.05) is 32.0 Å². The van der Waals surface area contributed by atoms with Gasteiger partial charge in [-0.05, 0) is 37.6 Å². The maximum Gasteiger partial charge on any atom is 0.307 e. The number of anilines is 1. The molecule has 1 aromatic carbocycles. The van der Waals surface area contributed by atoms with E-state index in [-0.39, 0.29) is 5.97 Å². The average Bonchev–Trinajstić information content (AvgIpc) is 2.22. The van der Waals surface area contributed by atoms with Gasteiger partial charge in [0.1, 0.15) is 0 Å². The quantitative estimate of drug-likeness (QED) is 0.845. The Labute approximate surface area is 104 Å². The summed E-state index contributed by atoms with van der Waals surface area (Å²) in [7, 11) is 0. The SMILES string of the molecule is CCOC(=O)CCNc1ccc(Br)cc1C. The molecule has 16 heavy (non-hydrogen) atoms. The molecule has 0 fully saturated rings. The number of halogens is 1. The first kappa shape index (κ1) is 13.0. The van der Waals surface area contributed by atoms with Gasteiger partial charge in [0.2, 0.25) is 0 Å². The van der Waals surface area contributed by atoms with Crippen LogP contribution in [0.25, 0.3) is 0 Å². The second-order valence-electron chi connectivity index (χ2n) is 3.44. The molecule has 0 spiro atoms. The smallest absolute Gasteiger partial charge is 0.307 e. The van der Waals surface area contributed by atoms with Crippen molar-refractivity contribution >= 4 is 27.6 Å². The first-order chi connectivity index (χ1) is 7.63. The highest BCUT2D eigenvalue weighted by Gasteiger charge is 2.02. The first-order valence-corrected chi connectivity index (χ1v) is 6.08. The van der Waals surface area contributed by atoms with Crippen LogP contribution in [0.4, 0.5) is 5.69 Å². The molecular weight excluding hydrogens is 270 g/mol. The van der Waals surface area contributed by atoms with Crippen molar-refractivity contribution in [2.75, 3.05) is 18.5 Å². The molecule has 1 rings (SSSR count). The maximum absolute atomic E-state index is 11.1. The van der Waals surface area contributed by atoms with Crippen molar-refractivity contribution in [2.24, 2.45) is 0 Å². The maximum atomic E-state index is 11.1. The van der Waals surface area contributed by atoms with Crippen LogP contribution in [-0.4, -0.2) is 19.1 Å². The highest BCUT2D eigenvalue weighted by molar-refractivity contribution is 9.10. The van der Waals surface area contributed by atoms with Gasteiger partial charge in [-0.15, -0.1) is 0 Å². The van der Waals surface area contributed by atoms with E-state index in [1.165, 1.54) is 0 Å². The Morgan fingerprint density at radius 2 is 2.25 bits per heavy atom. The summed E-state index contributed by atoms with van der Waals surface area (Å²) in [5.74, 6) is -0.162. The van der Waals surface area contributed by atoms with Crippen LogP contribution < -0.4 is 5.32 Å². The third-order valence-electron chi connectivity index (χ3n) is 2.14. The lowest BCUT2D eigenvalue weighted by Crippen LogP contribution is -2.11. The normalized spacial score (nSPS) is 9.94. The molecule has 0 bridgehead atoms. The van der Waals surface area contributed by atoms with E-state index >= 15 is 0 Å². The Bertz CT molecular complexity index is 366. The molecule has 0 heterocycles. The molecule has 3 nitrogen and oxygen atoms in total. The molecule has 4 heteroatoms. The monoisotopic (exact) mass is 285 g/mol. The molecule has 0 aromatic heterocycles. The van der Waals surface area contributed by atoms with Gasteiger partial charge in [-0.3, -0.25) is 4.79 Å². The van der Waals surface area contributed by atoms with Gasteiger partial charge in [0, 0.05) is 16.7 Å². The number of ether oxygens (including phenoxy) is 1. The molecular formula is C12H16BrNO2. The van der Waals surface area contributed by atoms with Gasteiger partial charge in [0.05, 0.1) is 13.0 Å². The van der Waals surface area contributed by atoms with Crippen molar-refractivity contribution in [1.29, 1.82) is 0 Å². The molecule has 0 saturated carbocycles. The van der Waals surface area contributed by atoms with Gasteiger partial charge < -0.3 is 10.1 Å². The van der Waals surface area contributed by atoms with Gasteiger partial charge in [0.15, 0.2) is 0 Å². The second-order valence-corrected chi connectivity index (χ2v) is 4.36. The zero-order valence-corrected chi connectivity index (χ0v) is 11.1. The summed E-state index contributed by atoms with van der Waals surface area (Å²) in [4.78, 5) is 11.1. The summed E-state index contributed by atoms with van der Waals surface area (Å²) < 4.78 is 5.90. The number of carbonyl (C=O) groups excluding carboxylic acids is 1. The second kappa shape index (κ2) is 6.53. The standard InChI is InChI=1S/C12H16BrNO2/c1-3-16-12(15)6-7-14-11-5-4-10(13)8-9(11)2/h4-5,8,14H,3,6-7H2,1-2H3. The summed E-state index contributed by atoms with van der Waals surface area (Å²) in [5.41, 5.74) is 2.20. The van der Waals surface area contributed by atoms with E-state index < -0.39 is 0 Å². The number of hydrogen-bond acceptors (Lipinski definition) is 3. The van der Waals surface area contributed by atoms with E-state index in [2.05, 4.69) is 21.2 Å². The molecule has 0 radical (unpaired) electrons. The lowest BCUT2D eigenvalue weighted by molar-refractivity contribution is -0.142. The van der Waals surface area contributed by atoms with E-state index in [9.17, 15) is 4.79 Å². The van der Waals surface area contributed by atoms with Gasteiger partial charge in [0.25, 0.3) is 0 Å². The fourth-order valence-corrected chi connectivity index (χ4v) is 1.83. The Morgan fingerprint density at radius 3 is 2.88 bits per heavy atom. The third kappa shape index (κ3) is 4.23. The minimum Gasteiger partial charge on any atom is -0.466 e. The van der Waals surface area contributed by atoms with Crippen LogP contribution in [0, 0.1) is 6.92 Å². The zero-order valence-electron chi connectivity index (χ0n) is 9.55. The van der Waals surface area contributed by atoms with Crippen molar-refractivity contribution in [2.45, 2.75) is 20.3 Å². The fourth-order valence-electron chi connectivity index (χ4n) is 1.36. The minimum atomic E-state index is -0.162. The molecule has 88 valence electrons. The predicted molar refractivity (Wildman–Crippen MR) is 68.6 cm³/mol. The molecule has 1 aromatic rings. The van der Waals surface area contributed by atoms with Gasteiger partial charge >= 0.3 is 5.97 Å². The Morgan fingerprint density at radius 1 is 1.50 bits per heavy atom. The topological polar surface area (TPSA) is 38.3 Å². The van der Waals surface area contributed by atoms with E-state index in [4.69, 9.17) is 4.74 Å². The van der Waals surface area contributed by atoms with Crippen molar-refractivity contribution in [3.8, 4) is 0 Å². The van der Waals surface area contributed by atoms with Crippen LogP contribution in [0.15, 0.2) is 22.7 Å². The number of nitrogens with one attached hydrogen (secondary N) is 1. The number of rotatable bonds is 5. The van der Waals surface area contributed by atoms with Crippen LogP contribution in [0.5, 0.6) is 0 Å².